The van der Waals surface area contributed by atoms with Gasteiger partial charge in [0.25, 0.3) is 0 Å². The van der Waals surface area contributed by atoms with Gasteiger partial charge in [-0.05, 0) is 66.0 Å². The summed E-state index contributed by atoms with van der Waals surface area (Å²) in [5, 5.41) is 5.52. The number of ether oxygens (including phenoxy) is 1. The molecule has 168 valence electrons. The van der Waals surface area contributed by atoms with Gasteiger partial charge in [-0.2, -0.15) is 0 Å². The van der Waals surface area contributed by atoms with Gasteiger partial charge in [-0.15, -0.1) is 0 Å². The lowest BCUT2D eigenvalue weighted by Gasteiger charge is -2.34. The molecule has 0 spiro atoms. The number of alkyl carbamates (subject to hydrolysis) is 1. The van der Waals surface area contributed by atoms with E-state index in [4.69, 9.17) is 4.74 Å². The summed E-state index contributed by atoms with van der Waals surface area (Å²) in [5.41, 5.74) is 1.02. The maximum atomic E-state index is 13.3. The summed E-state index contributed by atoms with van der Waals surface area (Å²) in [5.74, 6) is -0.583. The third kappa shape index (κ3) is 7.69. The number of rotatable bonds is 8. The molecule has 0 radical (unpaired) electrons. The fourth-order valence-corrected chi connectivity index (χ4v) is 3.11. The molecular formula is C23H37N3O4. The normalized spacial score (nSPS) is 13.4. The fourth-order valence-electron chi connectivity index (χ4n) is 3.11. The van der Waals surface area contributed by atoms with Gasteiger partial charge in [0.15, 0.2) is 0 Å². The van der Waals surface area contributed by atoms with Crippen LogP contribution in [0.3, 0.4) is 0 Å². The molecule has 0 aromatic heterocycles. The number of hydrogen-bond acceptors (Lipinski definition) is 4. The van der Waals surface area contributed by atoms with Gasteiger partial charge < -0.3 is 20.3 Å². The third-order valence-electron chi connectivity index (χ3n) is 4.33. The van der Waals surface area contributed by atoms with Crippen LogP contribution in [0, 0.1) is 6.92 Å². The topological polar surface area (TPSA) is 87.7 Å². The number of nitrogens with one attached hydrogen (secondary N) is 2. The zero-order chi connectivity index (χ0) is 23.1. The highest BCUT2D eigenvalue weighted by Gasteiger charge is 2.35. The molecule has 1 aromatic rings. The van der Waals surface area contributed by atoms with E-state index in [2.05, 4.69) is 10.6 Å². The van der Waals surface area contributed by atoms with E-state index < -0.39 is 23.8 Å². The van der Waals surface area contributed by atoms with Gasteiger partial charge in [-0.3, -0.25) is 9.59 Å². The summed E-state index contributed by atoms with van der Waals surface area (Å²) in [6.45, 7) is 14.9. The van der Waals surface area contributed by atoms with Crippen LogP contribution in [0.15, 0.2) is 24.3 Å². The second-order valence-corrected chi connectivity index (χ2v) is 8.82. The second kappa shape index (κ2) is 11.0. The maximum Gasteiger partial charge on any atom is 0.408 e. The average molecular weight is 420 g/mol. The summed E-state index contributed by atoms with van der Waals surface area (Å²) < 4.78 is 5.26. The first-order valence-electron chi connectivity index (χ1n) is 10.5. The Bertz CT molecular complexity index is 740. The zero-order valence-electron chi connectivity index (χ0n) is 19.5. The predicted octanol–water partition coefficient (Wildman–Crippen LogP) is 3.71. The van der Waals surface area contributed by atoms with Crippen molar-refractivity contribution in [2.75, 3.05) is 6.54 Å². The standard InChI is InChI=1S/C23H37N3O4/c1-9-14-26(21(28)17(5)25-22(29)30-23(6,7)8)19(20(27)24-15(2)3)18-13-11-10-12-16(18)4/h10-13,15,17,19H,9,14H2,1-8H3,(H,24,27)(H,25,29). The minimum Gasteiger partial charge on any atom is -0.444 e. The highest BCUT2D eigenvalue weighted by atomic mass is 16.6. The van der Waals surface area contributed by atoms with Gasteiger partial charge in [0, 0.05) is 12.6 Å². The molecule has 1 rings (SSSR count). The molecule has 3 amide bonds. The van der Waals surface area contributed by atoms with Crippen LogP contribution in [0.4, 0.5) is 4.79 Å². The van der Waals surface area contributed by atoms with Crippen molar-refractivity contribution in [2.24, 2.45) is 0 Å². The number of amides is 3. The average Bonchev–Trinajstić information content (AvgIpc) is 2.59. The molecule has 1 aromatic carbocycles. The molecule has 30 heavy (non-hydrogen) atoms. The summed E-state index contributed by atoms with van der Waals surface area (Å²) in [4.78, 5) is 40.2. The fraction of sp³-hybridized carbons (Fsp3) is 0.609. The van der Waals surface area contributed by atoms with E-state index in [9.17, 15) is 14.4 Å². The lowest BCUT2D eigenvalue weighted by molar-refractivity contribution is -0.142. The van der Waals surface area contributed by atoms with E-state index in [1.54, 1.807) is 32.6 Å². The number of aryl methyl sites for hydroxylation is 1. The Balaban J connectivity index is 3.24. The summed E-state index contributed by atoms with van der Waals surface area (Å²) in [7, 11) is 0. The first-order chi connectivity index (χ1) is 13.9. The monoisotopic (exact) mass is 419 g/mol. The van der Waals surface area contributed by atoms with Crippen LogP contribution in [0.1, 0.15) is 72.1 Å². The summed E-state index contributed by atoms with van der Waals surface area (Å²) in [6.07, 6.45) is 0.00118. The molecule has 0 aliphatic rings. The highest BCUT2D eigenvalue weighted by Crippen LogP contribution is 2.26. The van der Waals surface area contributed by atoms with Crippen molar-refractivity contribution < 1.29 is 19.1 Å². The molecule has 0 saturated heterocycles. The van der Waals surface area contributed by atoms with Crippen LogP contribution in [-0.4, -0.2) is 47.0 Å². The molecule has 0 aliphatic carbocycles. The predicted molar refractivity (Wildman–Crippen MR) is 118 cm³/mol. The van der Waals surface area contributed by atoms with Crippen molar-refractivity contribution in [3.63, 3.8) is 0 Å². The molecule has 0 bridgehead atoms. The summed E-state index contributed by atoms with van der Waals surface area (Å²) >= 11 is 0. The smallest absolute Gasteiger partial charge is 0.408 e. The zero-order valence-corrected chi connectivity index (χ0v) is 19.5. The van der Waals surface area contributed by atoms with Gasteiger partial charge in [0.2, 0.25) is 11.8 Å². The first kappa shape index (κ1) is 25.5. The molecule has 2 unspecified atom stereocenters. The molecule has 0 aliphatic heterocycles. The van der Waals surface area contributed by atoms with Crippen LogP contribution < -0.4 is 10.6 Å². The number of carbonyl (C=O) groups is 3. The van der Waals surface area contributed by atoms with Gasteiger partial charge in [-0.1, -0.05) is 31.2 Å². The molecule has 0 fully saturated rings. The van der Waals surface area contributed by atoms with Crippen LogP contribution in [0.25, 0.3) is 0 Å². The Morgan fingerprint density at radius 1 is 1.07 bits per heavy atom. The van der Waals surface area contributed by atoms with E-state index in [0.717, 1.165) is 11.1 Å². The van der Waals surface area contributed by atoms with Crippen LogP contribution >= 0.6 is 0 Å². The first-order valence-corrected chi connectivity index (χ1v) is 10.5. The van der Waals surface area contributed by atoms with Crippen LogP contribution in [0.2, 0.25) is 0 Å². The summed E-state index contributed by atoms with van der Waals surface area (Å²) in [6, 6.07) is 5.84. The highest BCUT2D eigenvalue weighted by molar-refractivity contribution is 5.92. The van der Waals surface area contributed by atoms with Crippen molar-refractivity contribution in [1.29, 1.82) is 0 Å². The molecule has 0 heterocycles. The Hall–Kier alpha value is -2.57. The minimum atomic E-state index is -0.843. The van der Waals surface area contributed by atoms with Gasteiger partial charge in [0.05, 0.1) is 0 Å². The molecule has 2 N–H and O–H groups in total. The maximum absolute atomic E-state index is 13.3. The number of nitrogens with zero attached hydrogens (tertiary/aromatic N) is 1. The number of benzene rings is 1. The Morgan fingerprint density at radius 2 is 1.67 bits per heavy atom. The minimum absolute atomic E-state index is 0.0695. The molecule has 0 saturated carbocycles. The van der Waals surface area contributed by atoms with E-state index >= 15 is 0 Å². The lowest BCUT2D eigenvalue weighted by Crippen LogP contribution is -2.52. The SMILES string of the molecule is CCCN(C(=O)C(C)NC(=O)OC(C)(C)C)C(C(=O)NC(C)C)c1ccccc1C. The van der Waals surface area contributed by atoms with E-state index in [0.29, 0.717) is 13.0 Å². The van der Waals surface area contributed by atoms with E-state index in [1.807, 2.05) is 52.0 Å². The molecule has 2 atom stereocenters. The van der Waals surface area contributed by atoms with Crippen LogP contribution in [-0.2, 0) is 14.3 Å². The van der Waals surface area contributed by atoms with Crippen molar-refractivity contribution in [3.05, 3.63) is 35.4 Å². The molecular weight excluding hydrogens is 382 g/mol. The third-order valence-corrected chi connectivity index (χ3v) is 4.33. The molecule has 7 nitrogen and oxygen atoms in total. The number of carbonyl (C=O) groups excluding carboxylic acids is 3. The van der Waals surface area contributed by atoms with Gasteiger partial charge in [-0.25, -0.2) is 4.79 Å². The Labute approximate surface area is 180 Å². The van der Waals surface area contributed by atoms with Crippen molar-refractivity contribution in [2.45, 2.75) is 85.5 Å². The number of hydrogen-bond donors (Lipinski definition) is 2. The van der Waals surface area contributed by atoms with Gasteiger partial charge >= 0.3 is 6.09 Å². The second-order valence-electron chi connectivity index (χ2n) is 8.82. The van der Waals surface area contributed by atoms with Crippen molar-refractivity contribution in [3.8, 4) is 0 Å². The lowest BCUT2D eigenvalue weighted by atomic mass is 9.98. The Kier molecular flexibility index (Phi) is 9.33. The van der Waals surface area contributed by atoms with E-state index in [1.165, 1.54) is 0 Å². The van der Waals surface area contributed by atoms with Crippen molar-refractivity contribution in [1.82, 2.24) is 15.5 Å². The van der Waals surface area contributed by atoms with Gasteiger partial charge in [0.1, 0.15) is 17.7 Å². The quantitative estimate of drug-likeness (QED) is 0.672. The van der Waals surface area contributed by atoms with E-state index in [-0.39, 0.29) is 17.9 Å². The largest absolute Gasteiger partial charge is 0.444 e. The van der Waals surface area contributed by atoms with Crippen molar-refractivity contribution >= 4 is 17.9 Å². The van der Waals surface area contributed by atoms with Crippen LogP contribution in [0.5, 0.6) is 0 Å². The molecule has 7 heteroatoms. The Morgan fingerprint density at radius 3 is 2.17 bits per heavy atom.